The number of carbonyl (C=O) groups excluding carboxylic acids is 1. The molecule has 0 aromatic rings. The monoisotopic (exact) mass is 230 g/mol. The number of hydrogen-bond donors (Lipinski definition) is 0. The van der Waals surface area contributed by atoms with Crippen LogP contribution in [0.25, 0.3) is 0 Å². The van der Waals surface area contributed by atoms with Crippen LogP contribution in [-0.4, -0.2) is 38.7 Å². The fourth-order valence-corrected chi connectivity index (χ4v) is 1.22. The summed E-state index contributed by atoms with van der Waals surface area (Å²) in [5.74, 6) is -0.290. The molecule has 0 saturated carbocycles. The smallest absolute Gasteiger partial charge is 0.302 e. The third-order valence-electron chi connectivity index (χ3n) is 1.96. The first-order valence-electron chi connectivity index (χ1n) is 5.42. The van der Waals surface area contributed by atoms with Gasteiger partial charge < -0.3 is 18.9 Å². The van der Waals surface area contributed by atoms with Crippen LogP contribution in [0.3, 0.4) is 0 Å². The molecule has 1 atom stereocenters. The predicted molar refractivity (Wildman–Crippen MR) is 56.7 cm³/mol. The highest BCUT2D eigenvalue weighted by molar-refractivity contribution is 5.65. The maximum Gasteiger partial charge on any atom is 0.302 e. The molecule has 1 heterocycles. The third-order valence-corrected chi connectivity index (χ3v) is 1.96. The topological polar surface area (TPSA) is 54.0 Å². The van der Waals surface area contributed by atoms with Crippen LogP contribution < -0.4 is 0 Å². The molecule has 1 aliphatic rings. The Balaban J connectivity index is 1.84. The summed E-state index contributed by atoms with van der Waals surface area (Å²) in [6.45, 7) is 3.02. The average Bonchev–Trinajstić information content (AvgIpc) is 2.29. The first kappa shape index (κ1) is 13.0. The Morgan fingerprint density at radius 2 is 2.19 bits per heavy atom. The molecular formula is C11H18O5. The van der Waals surface area contributed by atoms with E-state index >= 15 is 0 Å². The van der Waals surface area contributed by atoms with Crippen molar-refractivity contribution in [2.75, 3.05) is 26.4 Å². The second-order valence-corrected chi connectivity index (χ2v) is 3.34. The lowest BCUT2D eigenvalue weighted by Gasteiger charge is -2.19. The van der Waals surface area contributed by atoms with Crippen molar-refractivity contribution < 1.29 is 23.7 Å². The zero-order valence-electron chi connectivity index (χ0n) is 9.52. The maximum atomic E-state index is 10.4. The van der Waals surface area contributed by atoms with Gasteiger partial charge in [-0.25, -0.2) is 0 Å². The Morgan fingerprint density at radius 3 is 2.88 bits per heavy atom. The molecule has 0 fully saturated rings. The summed E-state index contributed by atoms with van der Waals surface area (Å²) in [6, 6.07) is 0. The lowest BCUT2D eigenvalue weighted by molar-refractivity contribution is -0.144. The van der Waals surface area contributed by atoms with Crippen molar-refractivity contribution in [3.63, 3.8) is 0 Å². The van der Waals surface area contributed by atoms with E-state index in [1.165, 1.54) is 6.92 Å². The number of carbonyl (C=O) groups is 1. The summed E-state index contributed by atoms with van der Waals surface area (Å²) in [5.41, 5.74) is 0. The van der Waals surface area contributed by atoms with E-state index in [1.54, 1.807) is 6.26 Å². The van der Waals surface area contributed by atoms with Gasteiger partial charge in [0, 0.05) is 13.3 Å². The molecule has 0 N–H and O–H groups in total. The Bertz CT molecular complexity index is 226. The van der Waals surface area contributed by atoms with E-state index < -0.39 is 0 Å². The van der Waals surface area contributed by atoms with Crippen molar-refractivity contribution in [1.82, 2.24) is 0 Å². The summed E-state index contributed by atoms with van der Waals surface area (Å²) in [6.07, 6.45) is 5.34. The molecule has 0 saturated heterocycles. The van der Waals surface area contributed by atoms with Crippen molar-refractivity contribution >= 4 is 5.97 Å². The second-order valence-electron chi connectivity index (χ2n) is 3.34. The normalized spacial score (nSPS) is 19.2. The van der Waals surface area contributed by atoms with Crippen LogP contribution in [0.2, 0.25) is 0 Å². The SMILES string of the molecule is CC(=O)OCCOCCOC1CCC=CO1. The molecule has 1 aliphatic heterocycles. The minimum atomic E-state index is -0.290. The Kier molecular flexibility index (Phi) is 6.60. The van der Waals surface area contributed by atoms with Crippen LogP contribution in [0.15, 0.2) is 12.3 Å². The number of allylic oxidation sites excluding steroid dienone is 1. The van der Waals surface area contributed by atoms with E-state index in [9.17, 15) is 4.79 Å². The van der Waals surface area contributed by atoms with E-state index in [4.69, 9.17) is 18.9 Å². The summed E-state index contributed by atoms with van der Waals surface area (Å²) in [7, 11) is 0. The molecule has 0 amide bonds. The van der Waals surface area contributed by atoms with E-state index in [1.807, 2.05) is 6.08 Å². The Labute approximate surface area is 95.3 Å². The van der Waals surface area contributed by atoms with Gasteiger partial charge in [0.2, 0.25) is 0 Å². The van der Waals surface area contributed by atoms with Gasteiger partial charge in [-0.3, -0.25) is 4.79 Å². The van der Waals surface area contributed by atoms with Gasteiger partial charge in [-0.2, -0.15) is 0 Å². The zero-order chi connectivity index (χ0) is 11.6. The van der Waals surface area contributed by atoms with Crippen molar-refractivity contribution in [3.8, 4) is 0 Å². The van der Waals surface area contributed by atoms with E-state index in [0.717, 1.165) is 12.8 Å². The molecule has 0 radical (unpaired) electrons. The van der Waals surface area contributed by atoms with E-state index in [-0.39, 0.29) is 18.9 Å². The van der Waals surface area contributed by atoms with Crippen LogP contribution in [0.1, 0.15) is 19.8 Å². The molecule has 1 rings (SSSR count). The van der Waals surface area contributed by atoms with Crippen LogP contribution in [-0.2, 0) is 23.7 Å². The van der Waals surface area contributed by atoms with Gasteiger partial charge in [-0.05, 0) is 12.5 Å². The number of rotatable bonds is 7. The van der Waals surface area contributed by atoms with E-state index in [0.29, 0.717) is 19.8 Å². The predicted octanol–water partition coefficient (Wildman–Crippen LogP) is 1.23. The minimum absolute atomic E-state index is 0.151. The average molecular weight is 230 g/mol. The molecule has 16 heavy (non-hydrogen) atoms. The largest absolute Gasteiger partial charge is 0.473 e. The van der Waals surface area contributed by atoms with E-state index in [2.05, 4.69) is 0 Å². The molecule has 5 heteroatoms. The standard InChI is InChI=1S/C11H18O5/c1-10(12)14-8-6-13-7-9-16-11-4-2-3-5-15-11/h3,5,11H,2,4,6-9H2,1H3. The third kappa shape index (κ3) is 6.42. The first-order chi connectivity index (χ1) is 7.79. The van der Waals surface area contributed by atoms with Crippen LogP contribution in [0, 0.1) is 0 Å². The van der Waals surface area contributed by atoms with Crippen LogP contribution in [0.4, 0.5) is 0 Å². The van der Waals surface area contributed by atoms with Gasteiger partial charge in [0.15, 0.2) is 6.29 Å². The van der Waals surface area contributed by atoms with Crippen molar-refractivity contribution in [1.29, 1.82) is 0 Å². The summed E-state index contributed by atoms with van der Waals surface area (Å²) < 4.78 is 20.5. The molecule has 92 valence electrons. The first-order valence-corrected chi connectivity index (χ1v) is 5.42. The molecular weight excluding hydrogens is 212 g/mol. The zero-order valence-corrected chi connectivity index (χ0v) is 9.52. The van der Waals surface area contributed by atoms with Crippen molar-refractivity contribution in [2.45, 2.75) is 26.1 Å². The summed E-state index contributed by atoms with van der Waals surface area (Å²) in [4.78, 5) is 10.4. The minimum Gasteiger partial charge on any atom is -0.473 e. The molecule has 0 aliphatic carbocycles. The number of esters is 1. The van der Waals surface area contributed by atoms with Gasteiger partial charge in [0.25, 0.3) is 0 Å². The fourth-order valence-electron chi connectivity index (χ4n) is 1.22. The molecule has 0 aromatic carbocycles. The Hall–Kier alpha value is -1.07. The van der Waals surface area contributed by atoms with Gasteiger partial charge in [-0.15, -0.1) is 0 Å². The lowest BCUT2D eigenvalue weighted by Crippen LogP contribution is -2.20. The fraction of sp³-hybridized carbons (Fsp3) is 0.727. The van der Waals surface area contributed by atoms with Gasteiger partial charge in [-0.1, -0.05) is 0 Å². The molecule has 0 aromatic heterocycles. The number of hydrogen-bond acceptors (Lipinski definition) is 5. The number of ether oxygens (including phenoxy) is 4. The Morgan fingerprint density at radius 1 is 1.38 bits per heavy atom. The van der Waals surface area contributed by atoms with Crippen molar-refractivity contribution in [3.05, 3.63) is 12.3 Å². The highest BCUT2D eigenvalue weighted by Crippen LogP contribution is 2.10. The van der Waals surface area contributed by atoms with Gasteiger partial charge >= 0.3 is 5.97 Å². The van der Waals surface area contributed by atoms with Crippen LogP contribution >= 0.6 is 0 Å². The quantitative estimate of drug-likeness (QED) is 0.486. The molecule has 5 nitrogen and oxygen atoms in total. The summed E-state index contributed by atoms with van der Waals surface area (Å²) >= 11 is 0. The summed E-state index contributed by atoms with van der Waals surface area (Å²) in [5, 5.41) is 0. The molecule has 1 unspecified atom stereocenters. The van der Waals surface area contributed by atoms with Crippen LogP contribution in [0.5, 0.6) is 0 Å². The molecule has 0 bridgehead atoms. The van der Waals surface area contributed by atoms with Gasteiger partial charge in [0.05, 0.1) is 26.1 Å². The maximum absolute atomic E-state index is 10.4. The lowest BCUT2D eigenvalue weighted by atomic mass is 10.3. The highest BCUT2D eigenvalue weighted by atomic mass is 16.7. The van der Waals surface area contributed by atoms with Crippen molar-refractivity contribution in [2.24, 2.45) is 0 Å². The van der Waals surface area contributed by atoms with Gasteiger partial charge in [0.1, 0.15) is 6.61 Å². The highest BCUT2D eigenvalue weighted by Gasteiger charge is 2.09. The molecule has 0 spiro atoms. The second kappa shape index (κ2) is 8.13.